The number of fused-ring (bicyclic) bond motifs is 1. The average molecular weight is 377 g/mol. The minimum Gasteiger partial charge on any atom is -0.395 e. The van der Waals surface area contributed by atoms with E-state index in [4.69, 9.17) is 0 Å². The first kappa shape index (κ1) is 17.4. The molecule has 2 aliphatic rings. The second-order valence-corrected chi connectivity index (χ2v) is 6.23. The highest BCUT2D eigenvalue weighted by Crippen LogP contribution is 2.41. The highest BCUT2D eigenvalue weighted by molar-refractivity contribution is 5.88. The van der Waals surface area contributed by atoms with E-state index in [2.05, 4.69) is 30.1 Å². The fourth-order valence-electron chi connectivity index (χ4n) is 3.15. The lowest BCUT2D eigenvalue weighted by Crippen LogP contribution is -2.55. The number of nitrogens with one attached hydrogen (secondary N) is 2. The minimum absolute atomic E-state index is 0.00162. The van der Waals surface area contributed by atoms with Crippen LogP contribution in [0.15, 0.2) is 36.8 Å². The van der Waals surface area contributed by atoms with Crippen molar-refractivity contribution in [3.8, 4) is 11.5 Å². The van der Waals surface area contributed by atoms with Crippen molar-refractivity contribution in [2.45, 2.75) is 18.8 Å². The van der Waals surface area contributed by atoms with Crippen molar-refractivity contribution in [1.29, 1.82) is 0 Å². The molecule has 0 saturated carbocycles. The Balaban J connectivity index is 1.46. The van der Waals surface area contributed by atoms with E-state index in [0.717, 1.165) is 5.56 Å². The lowest BCUT2D eigenvalue weighted by atomic mass is 10.0. The molecular weight excluding hydrogens is 360 g/mol. The summed E-state index contributed by atoms with van der Waals surface area (Å²) in [6, 6.07) is 5.85. The van der Waals surface area contributed by atoms with Gasteiger partial charge in [0.15, 0.2) is 11.5 Å². The second kappa shape index (κ2) is 6.95. The van der Waals surface area contributed by atoms with Crippen LogP contribution in [-0.2, 0) is 6.42 Å². The van der Waals surface area contributed by atoms with Crippen LogP contribution in [0.3, 0.4) is 0 Å². The predicted octanol–water partition coefficient (Wildman–Crippen LogP) is 1.85. The number of piperazine rings is 1. The van der Waals surface area contributed by atoms with E-state index in [1.807, 2.05) is 0 Å². The molecule has 2 aromatic rings. The first-order valence-electron chi connectivity index (χ1n) is 8.43. The first-order chi connectivity index (χ1) is 13.0. The molecule has 1 saturated heterocycles. The van der Waals surface area contributed by atoms with Crippen molar-refractivity contribution in [3.05, 3.63) is 42.4 Å². The maximum Gasteiger partial charge on any atom is 0.586 e. The number of nitrogens with zero attached hydrogens (tertiary/aromatic N) is 3. The Morgan fingerprint density at radius 1 is 1.33 bits per heavy atom. The number of halogens is 2. The molecule has 0 spiro atoms. The zero-order valence-corrected chi connectivity index (χ0v) is 14.2. The van der Waals surface area contributed by atoms with E-state index < -0.39 is 6.29 Å². The molecule has 0 aliphatic carbocycles. The van der Waals surface area contributed by atoms with Gasteiger partial charge in [-0.1, -0.05) is 6.07 Å². The smallest absolute Gasteiger partial charge is 0.395 e. The van der Waals surface area contributed by atoms with Gasteiger partial charge in [-0.15, -0.1) is 8.78 Å². The molecule has 1 aromatic heterocycles. The van der Waals surface area contributed by atoms with Crippen LogP contribution >= 0.6 is 0 Å². The summed E-state index contributed by atoms with van der Waals surface area (Å²) < 4.78 is 35.3. The summed E-state index contributed by atoms with van der Waals surface area (Å²) in [4.78, 5) is 22.1. The van der Waals surface area contributed by atoms with Gasteiger partial charge in [-0.25, -0.2) is 14.8 Å². The topological polar surface area (TPSA) is 88.6 Å². The number of ether oxygens (including phenoxy) is 2. The van der Waals surface area contributed by atoms with Crippen molar-refractivity contribution >= 4 is 11.8 Å². The van der Waals surface area contributed by atoms with Crippen LogP contribution in [0.4, 0.5) is 19.4 Å². The molecule has 0 radical (unpaired) electrons. The van der Waals surface area contributed by atoms with Gasteiger partial charge >= 0.3 is 12.3 Å². The number of carbonyl (C=O) groups excluding carboxylic acids is 1. The van der Waals surface area contributed by atoms with Gasteiger partial charge in [0.05, 0.1) is 0 Å². The van der Waals surface area contributed by atoms with Crippen LogP contribution in [0.25, 0.3) is 0 Å². The van der Waals surface area contributed by atoms with Crippen LogP contribution in [0.1, 0.15) is 5.56 Å². The molecule has 27 heavy (non-hydrogen) atoms. The van der Waals surface area contributed by atoms with E-state index in [1.165, 1.54) is 18.5 Å². The highest BCUT2D eigenvalue weighted by Gasteiger charge is 2.43. The van der Waals surface area contributed by atoms with Crippen LogP contribution in [-0.4, -0.2) is 52.9 Å². The van der Waals surface area contributed by atoms with Gasteiger partial charge in [0, 0.05) is 31.9 Å². The van der Waals surface area contributed by atoms with E-state index >= 15 is 0 Å². The lowest BCUT2D eigenvalue weighted by molar-refractivity contribution is -0.286. The van der Waals surface area contributed by atoms with Crippen molar-refractivity contribution in [1.82, 2.24) is 20.2 Å². The zero-order valence-electron chi connectivity index (χ0n) is 14.2. The monoisotopic (exact) mass is 377 g/mol. The maximum atomic E-state index is 13.2. The van der Waals surface area contributed by atoms with Crippen LogP contribution in [0, 0.1) is 0 Å². The van der Waals surface area contributed by atoms with Gasteiger partial charge < -0.3 is 19.7 Å². The largest absolute Gasteiger partial charge is 0.586 e. The summed E-state index contributed by atoms with van der Waals surface area (Å²) in [7, 11) is 0. The maximum absolute atomic E-state index is 13.2. The van der Waals surface area contributed by atoms with Gasteiger partial charge in [-0.05, 0) is 30.2 Å². The van der Waals surface area contributed by atoms with Gasteiger partial charge in [0.1, 0.15) is 12.1 Å². The van der Waals surface area contributed by atoms with Gasteiger partial charge in [-0.2, -0.15) is 0 Å². The first-order valence-corrected chi connectivity index (χ1v) is 8.43. The Hall–Kier alpha value is -3.01. The number of carbonyl (C=O) groups is 1. The number of anilines is 1. The van der Waals surface area contributed by atoms with Crippen molar-refractivity contribution in [2.24, 2.45) is 0 Å². The standard InChI is InChI=1S/C17H17F2N5O3/c18-17(19)26-13-2-1-11(8-14(13)27-17)7-12-9-20-5-6-24(12)16(25)23-15-3-4-21-10-22-15/h1-4,8,10,12,20H,5-7,9H2,(H,21,22,23,25). The molecule has 142 valence electrons. The molecule has 4 rings (SSSR count). The van der Waals surface area contributed by atoms with Crippen LogP contribution in [0.5, 0.6) is 11.5 Å². The third-order valence-electron chi connectivity index (χ3n) is 4.37. The molecule has 2 amide bonds. The molecule has 2 aliphatic heterocycles. The molecule has 0 bridgehead atoms. The summed E-state index contributed by atoms with van der Waals surface area (Å²) in [6.45, 7) is 1.77. The molecular formula is C17H17F2N5O3. The number of urea groups is 1. The van der Waals surface area contributed by atoms with E-state index in [0.29, 0.717) is 31.9 Å². The Labute approximate surface area is 153 Å². The fourth-order valence-corrected chi connectivity index (χ4v) is 3.15. The second-order valence-electron chi connectivity index (χ2n) is 6.23. The Morgan fingerprint density at radius 2 is 2.19 bits per heavy atom. The molecule has 10 heteroatoms. The molecule has 1 atom stereocenters. The van der Waals surface area contributed by atoms with Crippen LogP contribution in [0.2, 0.25) is 0 Å². The molecule has 2 N–H and O–H groups in total. The van der Waals surface area contributed by atoms with Crippen molar-refractivity contribution in [3.63, 3.8) is 0 Å². The number of benzene rings is 1. The predicted molar refractivity (Wildman–Crippen MR) is 90.8 cm³/mol. The molecule has 1 aromatic carbocycles. The van der Waals surface area contributed by atoms with Crippen LogP contribution < -0.4 is 20.1 Å². The van der Waals surface area contributed by atoms with E-state index in [1.54, 1.807) is 23.2 Å². The van der Waals surface area contributed by atoms with E-state index in [9.17, 15) is 13.6 Å². The van der Waals surface area contributed by atoms with Crippen molar-refractivity contribution in [2.75, 3.05) is 25.0 Å². The van der Waals surface area contributed by atoms with Gasteiger partial charge in [0.2, 0.25) is 0 Å². The summed E-state index contributed by atoms with van der Waals surface area (Å²) >= 11 is 0. The third-order valence-corrected chi connectivity index (χ3v) is 4.37. The molecule has 1 unspecified atom stereocenters. The van der Waals surface area contributed by atoms with Crippen molar-refractivity contribution < 1.29 is 23.0 Å². The minimum atomic E-state index is -3.64. The van der Waals surface area contributed by atoms with Gasteiger partial charge in [0.25, 0.3) is 0 Å². The van der Waals surface area contributed by atoms with E-state index in [-0.39, 0.29) is 23.6 Å². The summed E-state index contributed by atoms with van der Waals surface area (Å²) in [5, 5.41) is 5.99. The molecule has 3 heterocycles. The number of hydrogen-bond donors (Lipinski definition) is 2. The number of alkyl halides is 2. The van der Waals surface area contributed by atoms with Gasteiger partial charge in [-0.3, -0.25) is 5.32 Å². The quantitative estimate of drug-likeness (QED) is 0.849. The zero-order chi connectivity index (χ0) is 18.9. The fraction of sp³-hybridized carbons (Fsp3) is 0.353. The lowest BCUT2D eigenvalue weighted by Gasteiger charge is -2.36. The third kappa shape index (κ3) is 3.90. The Morgan fingerprint density at radius 3 is 3.00 bits per heavy atom. The highest BCUT2D eigenvalue weighted by atomic mass is 19.3. The number of rotatable bonds is 3. The summed E-state index contributed by atoms with van der Waals surface area (Å²) in [5.74, 6) is 0.416. The number of aromatic nitrogens is 2. The SMILES string of the molecule is O=C(Nc1ccncn1)N1CCNCC1Cc1ccc2c(c1)OC(F)(F)O2. The number of hydrogen-bond acceptors (Lipinski definition) is 6. The summed E-state index contributed by atoms with van der Waals surface area (Å²) in [5.41, 5.74) is 0.767. The number of amides is 2. The molecule has 1 fully saturated rings. The average Bonchev–Trinajstić information content (AvgIpc) is 2.96. The molecule has 8 nitrogen and oxygen atoms in total. The summed E-state index contributed by atoms with van der Waals surface area (Å²) in [6.07, 6.45) is -0.267. The Bertz CT molecular complexity index is 837. The Kier molecular flexibility index (Phi) is 4.48. The normalized spacial score (nSPS) is 20.4.